The van der Waals surface area contributed by atoms with Crippen molar-refractivity contribution >= 4 is 65.0 Å². The minimum absolute atomic E-state index is 0.0219. The Morgan fingerprint density at radius 2 is 0.928 bits per heavy atom. The van der Waals surface area contributed by atoms with E-state index in [0.717, 1.165) is 9.80 Å². The van der Waals surface area contributed by atoms with E-state index in [2.05, 4.69) is 31.9 Å². The lowest BCUT2D eigenvalue weighted by Gasteiger charge is -2.40. The lowest BCUT2D eigenvalue weighted by atomic mass is 9.91. The average Bonchev–Trinajstić information content (AvgIpc) is 3.39. The van der Waals surface area contributed by atoms with Crippen LogP contribution in [0.3, 0.4) is 0 Å². The van der Waals surface area contributed by atoms with Crippen molar-refractivity contribution in [2.24, 2.45) is 41.4 Å². The van der Waals surface area contributed by atoms with Crippen LogP contribution in [0.15, 0.2) is 12.2 Å². The third kappa shape index (κ3) is 22.4. The molecule has 0 bridgehead atoms. The van der Waals surface area contributed by atoms with Crippen LogP contribution >= 0.6 is 0 Å². The molecular formula is C60H107N11O12. The minimum Gasteiger partial charge on any atom is -0.390 e. The first-order valence-electron chi connectivity index (χ1n) is 29.8. The first kappa shape index (κ1) is 74.9. The van der Waals surface area contributed by atoms with Crippen LogP contribution < -0.4 is 31.9 Å². The minimum atomic E-state index is -1.61. The summed E-state index contributed by atoms with van der Waals surface area (Å²) in [4.78, 5) is 164. The van der Waals surface area contributed by atoms with Gasteiger partial charge in [0.15, 0.2) is 0 Å². The fourth-order valence-corrected chi connectivity index (χ4v) is 10.1. The second-order valence-corrected chi connectivity index (χ2v) is 25.3. The summed E-state index contributed by atoms with van der Waals surface area (Å²) in [6, 6.07) is -12.5. The van der Waals surface area contributed by atoms with Crippen LogP contribution in [-0.4, -0.2) is 203 Å². The highest BCUT2D eigenvalue weighted by atomic mass is 16.3. The van der Waals surface area contributed by atoms with Crippen LogP contribution in [0.2, 0.25) is 0 Å². The monoisotopic (exact) mass is 1170 g/mol. The second kappa shape index (κ2) is 34.6. The summed E-state index contributed by atoms with van der Waals surface area (Å²) in [6.07, 6.45) is 2.97. The molecule has 1 rings (SSSR count). The van der Waals surface area contributed by atoms with Crippen molar-refractivity contribution in [3.05, 3.63) is 12.2 Å². The van der Waals surface area contributed by atoms with Crippen molar-refractivity contribution < 1.29 is 57.8 Å². The average molecular weight is 1170 g/mol. The molecule has 83 heavy (non-hydrogen) atoms. The SMILES string of the molecule is CC=CCC(C)C(O)C1C(=O)NC(CC)C(=O)N(C)CC(=O)N(C)C(CC(C)C)C(=O)NC(C(C)C)C(=O)NC(CC(C)C)C(=O)NC(C)C(=O)NC(C)C(=O)N(C)C(CC(C)C)C(=O)NC(CC(C)C)C(=O)N(C)C(C(C)C)C(=O)N1C. The van der Waals surface area contributed by atoms with Crippen LogP contribution in [0.4, 0.5) is 0 Å². The van der Waals surface area contributed by atoms with Gasteiger partial charge in [0, 0.05) is 35.2 Å². The summed E-state index contributed by atoms with van der Waals surface area (Å²) < 4.78 is 0. The number of carbonyl (C=O) groups excluding carboxylic acids is 11. The Balaban J connectivity index is 4.22. The van der Waals surface area contributed by atoms with Crippen LogP contribution in [-0.2, 0) is 52.7 Å². The van der Waals surface area contributed by atoms with Crippen molar-refractivity contribution in [1.29, 1.82) is 0 Å². The van der Waals surface area contributed by atoms with Gasteiger partial charge in [0.1, 0.15) is 60.4 Å². The Labute approximate surface area is 495 Å². The number of hydrogen-bond acceptors (Lipinski definition) is 12. The third-order valence-corrected chi connectivity index (χ3v) is 15.2. The largest absolute Gasteiger partial charge is 0.390 e. The van der Waals surface area contributed by atoms with Gasteiger partial charge in [-0.1, -0.05) is 109 Å². The molecule has 1 fully saturated rings. The number of carbonyl (C=O) groups is 11. The molecule has 0 spiro atoms. The molecule has 1 aliphatic heterocycles. The highest BCUT2D eigenvalue weighted by molar-refractivity contribution is 5.99. The van der Waals surface area contributed by atoms with Gasteiger partial charge >= 0.3 is 0 Å². The maximum atomic E-state index is 15.0. The molecule has 1 aliphatic rings. The molecule has 23 heteroatoms. The van der Waals surface area contributed by atoms with Crippen molar-refractivity contribution in [2.45, 2.75) is 223 Å². The number of nitrogens with zero attached hydrogens (tertiary/aromatic N) is 5. The first-order valence-corrected chi connectivity index (χ1v) is 29.8. The van der Waals surface area contributed by atoms with Crippen molar-refractivity contribution in [3.63, 3.8) is 0 Å². The summed E-state index contributed by atoms with van der Waals surface area (Å²) >= 11 is 0. The molecule has 0 aromatic carbocycles. The van der Waals surface area contributed by atoms with Crippen molar-refractivity contribution in [1.82, 2.24) is 56.4 Å². The Morgan fingerprint density at radius 3 is 1.41 bits per heavy atom. The van der Waals surface area contributed by atoms with E-state index in [1.807, 2.05) is 55.4 Å². The number of hydrogen-bond donors (Lipinski definition) is 7. The molecule has 1 heterocycles. The van der Waals surface area contributed by atoms with Crippen molar-refractivity contribution in [3.8, 4) is 0 Å². The molecule has 0 aromatic rings. The highest BCUT2D eigenvalue weighted by Crippen LogP contribution is 2.24. The highest BCUT2D eigenvalue weighted by Gasteiger charge is 2.44. The number of likely N-dealkylation sites (N-methyl/N-ethyl adjacent to an activating group) is 5. The van der Waals surface area contributed by atoms with Gasteiger partial charge in [-0.3, -0.25) is 52.7 Å². The Morgan fingerprint density at radius 1 is 0.470 bits per heavy atom. The van der Waals surface area contributed by atoms with Crippen LogP contribution in [0, 0.1) is 41.4 Å². The molecule has 7 N–H and O–H groups in total. The fourth-order valence-electron chi connectivity index (χ4n) is 10.1. The maximum Gasteiger partial charge on any atom is 0.246 e. The number of aliphatic hydroxyl groups excluding tert-OH is 1. The maximum absolute atomic E-state index is 15.0. The van der Waals surface area contributed by atoms with E-state index >= 15 is 4.79 Å². The number of nitrogens with one attached hydrogen (secondary N) is 6. The lowest BCUT2D eigenvalue weighted by molar-refractivity contribution is -0.154. The number of allylic oxidation sites excluding steroid dienone is 2. The van der Waals surface area contributed by atoms with E-state index < -0.39 is 156 Å². The Kier molecular flexibility index (Phi) is 31.2. The first-order chi connectivity index (χ1) is 38.4. The molecule has 12 unspecified atom stereocenters. The van der Waals surface area contributed by atoms with Crippen LogP contribution in [0.1, 0.15) is 156 Å². The smallest absolute Gasteiger partial charge is 0.246 e. The number of amides is 11. The van der Waals surface area contributed by atoms with E-state index in [1.165, 1.54) is 63.8 Å². The molecule has 12 atom stereocenters. The predicted octanol–water partition coefficient (Wildman–Crippen LogP) is 2.58. The molecule has 0 aromatic heterocycles. The van der Waals surface area contributed by atoms with Crippen LogP contribution in [0.5, 0.6) is 0 Å². The van der Waals surface area contributed by atoms with E-state index in [9.17, 15) is 53.1 Å². The molecular weight excluding hydrogens is 1070 g/mol. The van der Waals surface area contributed by atoms with Gasteiger partial charge in [0.2, 0.25) is 65.0 Å². The van der Waals surface area contributed by atoms with Crippen LogP contribution in [0.25, 0.3) is 0 Å². The zero-order chi connectivity index (χ0) is 64.2. The van der Waals surface area contributed by atoms with E-state index in [0.29, 0.717) is 6.42 Å². The predicted molar refractivity (Wildman–Crippen MR) is 319 cm³/mol. The zero-order valence-electron chi connectivity index (χ0n) is 54.2. The van der Waals surface area contributed by atoms with E-state index in [-0.39, 0.29) is 55.8 Å². The quantitative estimate of drug-likeness (QED) is 0.117. The molecule has 474 valence electrons. The zero-order valence-corrected chi connectivity index (χ0v) is 54.2. The van der Waals surface area contributed by atoms with Gasteiger partial charge in [-0.15, -0.1) is 0 Å². The summed E-state index contributed by atoms with van der Waals surface area (Å²) in [5, 5.41) is 28.5. The molecule has 0 aliphatic carbocycles. The Bertz CT molecular complexity index is 2250. The van der Waals surface area contributed by atoms with Gasteiger partial charge in [0.25, 0.3) is 0 Å². The summed E-state index contributed by atoms with van der Waals surface area (Å²) in [5.41, 5.74) is 0. The lowest BCUT2D eigenvalue weighted by Crippen LogP contribution is -2.63. The van der Waals surface area contributed by atoms with Gasteiger partial charge in [0.05, 0.1) is 12.6 Å². The standard InChI is InChI=1S/C60H107N11O12/c1-23-25-26-38(15)50(73)49-56(79)63-41(24-2)58(81)67(18)31-46(72)68(19)44(29-34(7)8)54(77)66-47(36(11)12)55(78)64-42(27-32(3)4)52(75)61-39(16)51(74)62-40(17)57(80)69(20)45(30-35(9)10)53(76)65-43(28-33(5)6)59(82)70(21)48(37(13)14)60(83)71(49)22/h23,25,32-45,47-50,73H,24,26-31H2,1-22H3,(H,61,75)(H,62,74)(H,63,79)(H,64,78)(H,65,76)(H,66,77). The molecule has 11 amide bonds. The fraction of sp³-hybridized carbons (Fsp3) is 0.783. The summed E-state index contributed by atoms with van der Waals surface area (Å²) in [7, 11) is 6.94. The summed E-state index contributed by atoms with van der Waals surface area (Å²) in [6.45, 7) is 29.1. The topological polar surface area (TPSA) is 296 Å². The summed E-state index contributed by atoms with van der Waals surface area (Å²) in [5.74, 6) is -10.0. The normalized spacial score (nSPS) is 27.0. The molecule has 0 radical (unpaired) electrons. The molecule has 23 nitrogen and oxygen atoms in total. The molecule has 0 saturated carbocycles. The van der Waals surface area contributed by atoms with Gasteiger partial charge < -0.3 is 61.5 Å². The van der Waals surface area contributed by atoms with Crippen molar-refractivity contribution in [2.75, 3.05) is 41.8 Å². The number of rotatable bonds is 15. The number of aliphatic hydroxyl groups is 1. The third-order valence-electron chi connectivity index (χ3n) is 15.2. The molecule has 1 saturated heterocycles. The van der Waals surface area contributed by atoms with Gasteiger partial charge in [-0.05, 0) is 101 Å². The van der Waals surface area contributed by atoms with Gasteiger partial charge in [-0.2, -0.15) is 0 Å². The van der Waals surface area contributed by atoms with E-state index in [1.54, 1.807) is 60.6 Å². The van der Waals surface area contributed by atoms with Gasteiger partial charge in [-0.25, -0.2) is 0 Å². The second-order valence-electron chi connectivity index (χ2n) is 25.3. The van der Waals surface area contributed by atoms with E-state index in [4.69, 9.17) is 0 Å². The Hall–Kier alpha value is -6.13.